The lowest BCUT2D eigenvalue weighted by Crippen LogP contribution is -1.89. The van der Waals surface area contributed by atoms with Crippen molar-refractivity contribution in [3.05, 3.63) is 59.5 Å². The van der Waals surface area contributed by atoms with Crippen LogP contribution in [0.25, 0.3) is 22.4 Å². The van der Waals surface area contributed by atoms with E-state index >= 15 is 0 Å². The number of nitrogen functional groups attached to an aromatic ring is 1. The predicted molar refractivity (Wildman–Crippen MR) is 83.3 cm³/mol. The van der Waals surface area contributed by atoms with E-state index in [2.05, 4.69) is 4.98 Å². The number of thiazole rings is 1. The minimum Gasteiger partial charge on any atom is -0.392 e. The van der Waals surface area contributed by atoms with Crippen LogP contribution >= 0.6 is 11.3 Å². The number of nitrogens with two attached hydrogens (primary N) is 1. The lowest BCUT2D eigenvalue weighted by molar-refractivity contribution is 0.282. The van der Waals surface area contributed by atoms with Crippen LogP contribution in [-0.4, -0.2) is 10.1 Å². The summed E-state index contributed by atoms with van der Waals surface area (Å²) in [6.07, 6.45) is 0. The van der Waals surface area contributed by atoms with Crippen molar-refractivity contribution in [3.8, 4) is 22.4 Å². The van der Waals surface area contributed by atoms with E-state index in [0.29, 0.717) is 5.13 Å². The molecule has 0 fully saturated rings. The van der Waals surface area contributed by atoms with Gasteiger partial charge < -0.3 is 10.8 Å². The number of anilines is 1. The fourth-order valence-electron chi connectivity index (χ4n) is 2.18. The highest BCUT2D eigenvalue weighted by atomic mass is 32.1. The van der Waals surface area contributed by atoms with Gasteiger partial charge in [0.15, 0.2) is 5.13 Å². The van der Waals surface area contributed by atoms with Crippen LogP contribution in [0.3, 0.4) is 0 Å². The van der Waals surface area contributed by atoms with Gasteiger partial charge in [-0.1, -0.05) is 48.5 Å². The molecule has 0 saturated carbocycles. The van der Waals surface area contributed by atoms with Crippen LogP contribution in [0, 0.1) is 0 Å². The van der Waals surface area contributed by atoms with Crippen LogP contribution in [0.15, 0.2) is 53.9 Å². The first-order valence-electron chi connectivity index (χ1n) is 6.28. The van der Waals surface area contributed by atoms with E-state index in [4.69, 9.17) is 5.73 Å². The number of rotatable bonds is 3. The summed E-state index contributed by atoms with van der Waals surface area (Å²) in [4.78, 5) is 4.27. The van der Waals surface area contributed by atoms with Crippen molar-refractivity contribution in [3.63, 3.8) is 0 Å². The summed E-state index contributed by atoms with van der Waals surface area (Å²) < 4.78 is 0. The number of hydrogen-bond donors (Lipinski definition) is 2. The van der Waals surface area contributed by atoms with E-state index in [9.17, 15) is 5.11 Å². The van der Waals surface area contributed by atoms with Crippen molar-refractivity contribution in [2.45, 2.75) is 6.61 Å². The Kier molecular flexibility index (Phi) is 3.50. The number of nitrogens with zero attached hydrogens (tertiary/aromatic N) is 1. The maximum atomic E-state index is 9.39. The van der Waals surface area contributed by atoms with Crippen molar-refractivity contribution in [1.82, 2.24) is 4.98 Å². The van der Waals surface area contributed by atoms with Crippen molar-refractivity contribution in [1.29, 1.82) is 0 Å². The fraction of sp³-hybridized carbons (Fsp3) is 0.0625. The molecule has 1 aromatic heterocycles. The molecule has 1 heterocycles. The first-order valence-corrected chi connectivity index (χ1v) is 7.16. The van der Waals surface area contributed by atoms with E-state index in [1.165, 1.54) is 11.3 Å². The number of aliphatic hydroxyl groups excluding tert-OH is 1. The average molecular weight is 282 g/mol. The molecular formula is C16H14N2OS. The van der Waals surface area contributed by atoms with E-state index in [-0.39, 0.29) is 6.61 Å². The van der Waals surface area contributed by atoms with Crippen LogP contribution in [-0.2, 0) is 6.61 Å². The van der Waals surface area contributed by atoms with Crippen molar-refractivity contribution in [2.24, 2.45) is 0 Å². The summed E-state index contributed by atoms with van der Waals surface area (Å²) in [7, 11) is 0. The molecule has 0 aliphatic carbocycles. The highest BCUT2D eigenvalue weighted by Gasteiger charge is 2.06. The highest BCUT2D eigenvalue weighted by Crippen LogP contribution is 2.28. The molecule has 0 atom stereocenters. The van der Waals surface area contributed by atoms with Crippen LogP contribution in [0.1, 0.15) is 5.56 Å². The number of aromatic nitrogens is 1. The highest BCUT2D eigenvalue weighted by molar-refractivity contribution is 7.13. The summed E-state index contributed by atoms with van der Waals surface area (Å²) in [6.45, 7) is 0.0422. The second-order valence-electron chi connectivity index (χ2n) is 4.46. The third-order valence-corrected chi connectivity index (χ3v) is 3.88. The van der Waals surface area contributed by atoms with Gasteiger partial charge in [-0.05, 0) is 16.7 Å². The minimum atomic E-state index is 0.0422. The molecule has 0 aliphatic heterocycles. The number of hydrogen-bond acceptors (Lipinski definition) is 4. The zero-order valence-corrected chi connectivity index (χ0v) is 11.6. The summed E-state index contributed by atoms with van der Waals surface area (Å²) in [6, 6.07) is 16.0. The van der Waals surface area contributed by atoms with Gasteiger partial charge in [0.2, 0.25) is 0 Å². The fourth-order valence-corrected chi connectivity index (χ4v) is 2.75. The Morgan fingerprint density at radius 1 is 1.00 bits per heavy atom. The van der Waals surface area contributed by atoms with Crippen LogP contribution in [0.4, 0.5) is 5.13 Å². The Morgan fingerprint density at radius 2 is 1.70 bits per heavy atom. The van der Waals surface area contributed by atoms with E-state index in [0.717, 1.165) is 27.9 Å². The SMILES string of the molecule is Nc1nc(-c2ccc(-c3ccccc3CO)cc2)cs1. The molecule has 0 bridgehead atoms. The number of aliphatic hydroxyl groups is 1. The predicted octanol–water partition coefficient (Wildman–Crippen LogP) is 3.55. The maximum Gasteiger partial charge on any atom is 0.180 e. The van der Waals surface area contributed by atoms with E-state index < -0.39 is 0 Å². The van der Waals surface area contributed by atoms with Gasteiger partial charge in [-0.2, -0.15) is 0 Å². The molecule has 3 rings (SSSR count). The topological polar surface area (TPSA) is 59.1 Å². The third-order valence-electron chi connectivity index (χ3n) is 3.20. The van der Waals surface area contributed by atoms with Gasteiger partial charge in [0, 0.05) is 10.9 Å². The molecule has 0 amide bonds. The van der Waals surface area contributed by atoms with Gasteiger partial charge in [0.1, 0.15) is 0 Å². The molecule has 0 unspecified atom stereocenters. The summed E-state index contributed by atoms with van der Waals surface area (Å²) >= 11 is 1.44. The quantitative estimate of drug-likeness (QED) is 0.772. The largest absolute Gasteiger partial charge is 0.392 e. The molecule has 0 radical (unpaired) electrons. The second-order valence-corrected chi connectivity index (χ2v) is 5.35. The molecule has 2 aromatic carbocycles. The summed E-state index contributed by atoms with van der Waals surface area (Å²) in [5.74, 6) is 0. The van der Waals surface area contributed by atoms with Crippen LogP contribution in [0.5, 0.6) is 0 Å². The Labute approximate surface area is 121 Å². The smallest absolute Gasteiger partial charge is 0.180 e. The summed E-state index contributed by atoms with van der Waals surface area (Å²) in [5, 5.41) is 11.9. The first-order chi connectivity index (χ1) is 9.78. The van der Waals surface area contributed by atoms with Gasteiger partial charge in [0.05, 0.1) is 12.3 Å². The summed E-state index contributed by atoms with van der Waals surface area (Å²) in [5.41, 5.74) is 10.7. The van der Waals surface area contributed by atoms with Gasteiger partial charge in [-0.25, -0.2) is 4.98 Å². The second kappa shape index (κ2) is 5.45. The zero-order valence-electron chi connectivity index (χ0n) is 10.8. The van der Waals surface area contributed by atoms with Crippen molar-refractivity contribution in [2.75, 3.05) is 5.73 Å². The minimum absolute atomic E-state index is 0.0422. The molecule has 3 nitrogen and oxygen atoms in total. The number of benzene rings is 2. The molecule has 0 saturated heterocycles. The molecular weight excluding hydrogens is 268 g/mol. The van der Waals surface area contributed by atoms with E-state index in [1.54, 1.807) is 0 Å². The van der Waals surface area contributed by atoms with Crippen LogP contribution in [0.2, 0.25) is 0 Å². The molecule has 20 heavy (non-hydrogen) atoms. The first kappa shape index (κ1) is 12.8. The average Bonchev–Trinajstić information content (AvgIpc) is 2.94. The maximum absolute atomic E-state index is 9.39. The third kappa shape index (κ3) is 2.43. The normalized spacial score (nSPS) is 10.7. The van der Waals surface area contributed by atoms with Crippen molar-refractivity contribution < 1.29 is 5.11 Å². The van der Waals surface area contributed by atoms with E-state index in [1.807, 2.05) is 53.9 Å². The molecule has 100 valence electrons. The molecule has 4 heteroatoms. The Bertz CT molecular complexity index is 719. The lowest BCUT2D eigenvalue weighted by Gasteiger charge is -2.07. The Morgan fingerprint density at radius 3 is 2.35 bits per heavy atom. The van der Waals surface area contributed by atoms with Gasteiger partial charge >= 0.3 is 0 Å². The molecule has 0 spiro atoms. The standard InChI is InChI=1S/C16H14N2OS/c17-16-18-15(10-20-16)12-7-5-11(6-8-12)14-4-2-1-3-13(14)9-19/h1-8,10,19H,9H2,(H2,17,18). The van der Waals surface area contributed by atoms with Gasteiger partial charge in [-0.3, -0.25) is 0 Å². The van der Waals surface area contributed by atoms with Gasteiger partial charge in [-0.15, -0.1) is 11.3 Å². The molecule has 0 aliphatic rings. The van der Waals surface area contributed by atoms with Crippen LogP contribution < -0.4 is 5.73 Å². The monoisotopic (exact) mass is 282 g/mol. The Hall–Kier alpha value is -2.17. The Balaban J connectivity index is 1.97. The molecule has 3 N–H and O–H groups in total. The van der Waals surface area contributed by atoms with Crippen molar-refractivity contribution >= 4 is 16.5 Å². The lowest BCUT2D eigenvalue weighted by atomic mass is 9.99. The zero-order chi connectivity index (χ0) is 13.9. The van der Waals surface area contributed by atoms with Gasteiger partial charge in [0.25, 0.3) is 0 Å². The molecule has 3 aromatic rings.